The molecule has 2 fully saturated rings. The van der Waals surface area contributed by atoms with Gasteiger partial charge in [0.15, 0.2) is 0 Å². The third-order valence-electron chi connectivity index (χ3n) is 3.76. The lowest BCUT2D eigenvalue weighted by atomic mass is 9.85. The van der Waals surface area contributed by atoms with Crippen molar-refractivity contribution in [3.05, 3.63) is 0 Å². The fourth-order valence-corrected chi connectivity index (χ4v) is 2.88. The molecule has 3 nitrogen and oxygen atoms in total. The highest BCUT2D eigenvalue weighted by atomic mass is 16.2. The average molecular weight is 195 g/mol. The molecule has 3 atom stereocenters. The number of fused-ring (bicyclic) bond motifs is 2. The first-order valence-corrected chi connectivity index (χ1v) is 5.42. The molecule has 3 heteroatoms. The molecule has 2 bridgehead atoms. The van der Waals surface area contributed by atoms with Crippen LogP contribution in [0.2, 0.25) is 0 Å². The van der Waals surface area contributed by atoms with Crippen molar-refractivity contribution in [1.29, 1.82) is 0 Å². The van der Waals surface area contributed by atoms with Crippen LogP contribution in [-0.2, 0) is 9.59 Å². The third-order valence-corrected chi connectivity index (χ3v) is 3.76. The van der Waals surface area contributed by atoms with Gasteiger partial charge in [-0.25, -0.2) is 0 Å². The van der Waals surface area contributed by atoms with Gasteiger partial charge in [0, 0.05) is 24.9 Å². The smallest absolute Gasteiger partial charge is 0.146 e. The van der Waals surface area contributed by atoms with Gasteiger partial charge in [0.2, 0.25) is 0 Å². The first-order chi connectivity index (χ1) is 6.65. The Hall–Kier alpha value is -0.700. The van der Waals surface area contributed by atoms with Crippen molar-refractivity contribution in [2.24, 2.45) is 5.92 Å². The maximum Gasteiger partial charge on any atom is 0.146 e. The van der Waals surface area contributed by atoms with Crippen LogP contribution in [0.5, 0.6) is 0 Å². The third kappa shape index (κ3) is 1.31. The summed E-state index contributed by atoms with van der Waals surface area (Å²) in [5, 5.41) is 0. The van der Waals surface area contributed by atoms with Crippen LogP contribution in [0.25, 0.3) is 0 Å². The van der Waals surface area contributed by atoms with Gasteiger partial charge in [-0.3, -0.25) is 14.5 Å². The van der Waals surface area contributed by atoms with Gasteiger partial charge in [0.1, 0.15) is 11.6 Å². The Kier molecular flexibility index (Phi) is 2.43. The summed E-state index contributed by atoms with van der Waals surface area (Å²) in [4.78, 5) is 25.7. The zero-order valence-electron chi connectivity index (χ0n) is 8.82. The monoisotopic (exact) mass is 195 g/mol. The Morgan fingerprint density at radius 2 is 2.21 bits per heavy atom. The summed E-state index contributed by atoms with van der Waals surface area (Å²) in [7, 11) is 2.05. The van der Waals surface area contributed by atoms with E-state index in [1.54, 1.807) is 0 Å². The average Bonchev–Trinajstić information content (AvgIpc) is 2.42. The summed E-state index contributed by atoms with van der Waals surface area (Å²) in [5.74, 6) is -0.00148. The number of hydrogen-bond acceptors (Lipinski definition) is 3. The summed E-state index contributed by atoms with van der Waals surface area (Å²) in [6, 6.07) is 0.613. The lowest BCUT2D eigenvalue weighted by molar-refractivity contribution is -0.138. The lowest BCUT2D eigenvalue weighted by Crippen LogP contribution is -2.49. The summed E-state index contributed by atoms with van der Waals surface area (Å²) < 4.78 is 0. The summed E-state index contributed by atoms with van der Waals surface area (Å²) in [6.07, 6.45) is 3.18. The normalized spacial score (nSPS) is 37.6. The molecule has 0 aromatic heterocycles. The standard InChI is InChI=1S/C11H17NO2/c1-3-9(13)11-8-5-4-7(12(8)2)6-10(11)14/h7-8,11H,3-6H2,1-2H3. The Morgan fingerprint density at radius 1 is 1.50 bits per heavy atom. The Bertz CT molecular complexity index is 274. The molecule has 14 heavy (non-hydrogen) atoms. The number of carbonyl (C=O) groups excluding carboxylic acids is 2. The van der Waals surface area contributed by atoms with Gasteiger partial charge < -0.3 is 0 Å². The van der Waals surface area contributed by atoms with Crippen molar-refractivity contribution < 1.29 is 9.59 Å². The number of ketones is 2. The fourth-order valence-electron chi connectivity index (χ4n) is 2.88. The minimum Gasteiger partial charge on any atom is -0.299 e. The first kappa shape index (κ1) is 9.84. The second-order valence-electron chi connectivity index (χ2n) is 4.43. The molecule has 2 saturated heterocycles. The van der Waals surface area contributed by atoms with E-state index in [1.807, 2.05) is 14.0 Å². The van der Waals surface area contributed by atoms with E-state index in [1.165, 1.54) is 0 Å². The Balaban J connectivity index is 2.22. The minimum absolute atomic E-state index is 0.132. The molecule has 2 heterocycles. The van der Waals surface area contributed by atoms with Crippen molar-refractivity contribution >= 4 is 11.6 Å². The molecule has 0 amide bonds. The molecule has 0 aromatic rings. The molecular weight excluding hydrogens is 178 g/mol. The first-order valence-electron chi connectivity index (χ1n) is 5.42. The lowest BCUT2D eigenvalue weighted by Gasteiger charge is -2.35. The van der Waals surface area contributed by atoms with Gasteiger partial charge in [-0.15, -0.1) is 0 Å². The predicted octanol–water partition coefficient (Wildman–Crippen LogP) is 1.02. The van der Waals surface area contributed by atoms with E-state index < -0.39 is 0 Å². The van der Waals surface area contributed by atoms with Crippen LogP contribution in [0.3, 0.4) is 0 Å². The van der Waals surface area contributed by atoms with Crippen molar-refractivity contribution in [2.75, 3.05) is 7.05 Å². The zero-order chi connectivity index (χ0) is 10.3. The highest BCUT2D eigenvalue weighted by Gasteiger charge is 2.47. The van der Waals surface area contributed by atoms with Gasteiger partial charge in [0.25, 0.3) is 0 Å². The van der Waals surface area contributed by atoms with Crippen molar-refractivity contribution in [1.82, 2.24) is 4.90 Å². The van der Waals surface area contributed by atoms with Crippen LogP contribution in [0, 0.1) is 5.92 Å². The highest BCUT2D eigenvalue weighted by molar-refractivity contribution is 6.04. The van der Waals surface area contributed by atoms with Gasteiger partial charge in [0.05, 0.1) is 5.92 Å². The van der Waals surface area contributed by atoms with E-state index >= 15 is 0 Å². The molecule has 0 aliphatic carbocycles. The molecular formula is C11H17NO2. The maximum atomic E-state index is 11.8. The van der Waals surface area contributed by atoms with Gasteiger partial charge in [-0.05, 0) is 19.9 Å². The van der Waals surface area contributed by atoms with E-state index in [4.69, 9.17) is 0 Å². The second kappa shape index (κ2) is 3.46. The van der Waals surface area contributed by atoms with Crippen LogP contribution in [0.15, 0.2) is 0 Å². The largest absolute Gasteiger partial charge is 0.299 e. The van der Waals surface area contributed by atoms with Crippen LogP contribution in [0.4, 0.5) is 0 Å². The van der Waals surface area contributed by atoms with E-state index in [0.717, 1.165) is 12.8 Å². The van der Waals surface area contributed by atoms with Crippen LogP contribution in [0.1, 0.15) is 32.6 Å². The van der Waals surface area contributed by atoms with Crippen molar-refractivity contribution in [3.63, 3.8) is 0 Å². The van der Waals surface area contributed by atoms with Crippen LogP contribution >= 0.6 is 0 Å². The Labute approximate surface area is 84.5 Å². The van der Waals surface area contributed by atoms with E-state index in [2.05, 4.69) is 4.90 Å². The van der Waals surface area contributed by atoms with E-state index in [-0.39, 0.29) is 23.5 Å². The SMILES string of the molecule is CCC(=O)C1C(=O)CC2CCC1N2C. The minimum atomic E-state index is -0.316. The molecule has 0 spiro atoms. The van der Waals surface area contributed by atoms with Crippen LogP contribution in [-0.4, -0.2) is 35.6 Å². The highest BCUT2D eigenvalue weighted by Crippen LogP contribution is 2.36. The van der Waals surface area contributed by atoms with Crippen molar-refractivity contribution in [2.45, 2.75) is 44.7 Å². The number of Topliss-reactive ketones (excluding diaryl/α,β-unsaturated/α-hetero) is 2. The molecule has 0 aromatic carbocycles. The molecule has 0 radical (unpaired) electrons. The Morgan fingerprint density at radius 3 is 2.86 bits per heavy atom. The number of carbonyl (C=O) groups is 2. The summed E-state index contributed by atoms with van der Waals surface area (Å²) >= 11 is 0. The fraction of sp³-hybridized carbons (Fsp3) is 0.818. The quantitative estimate of drug-likeness (QED) is 0.617. The second-order valence-corrected chi connectivity index (χ2v) is 4.43. The molecule has 3 unspecified atom stereocenters. The number of nitrogens with zero attached hydrogens (tertiary/aromatic N) is 1. The van der Waals surface area contributed by atoms with Gasteiger partial charge in [-0.1, -0.05) is 6.92 Å². The number of rotatable bonds is 2. The topological polar surface area (TPSA) is 37.4 Å². The molecule has 0 saturated carbocycles. The van der Waals surface area contributed by atoms with Crippen LogP contribution < -0.4 is 0 Å². The number of piperidine rings is 1. The van der Waals surface area contributed by atoms with Gasteiger partial charge in [-0.2, -0.15) is 0 Å². The molecule has 0 N–H and O–H groups in total. The maximum absolute atomic E-state index is 11.8. The van der Waals surface area contributed by atoms with Gasteiger partial charge >= 0.3 is 0 Å². The molecule has 2 rings (SSSR count). The molecule has 2 aliphatic heterocycles. The van der Waals surface area contributed by atoms with E-state index in [9.17, 15) is 9.59 Å². The number of hydrogen-bond donors (Lipinski definition) is 0. The zero-order valence-corrected chi connectivity index (χ0v) is 8.82. The van der Waals surface area contributed by atoms with E-state index in [0.29, 0.717) is 18.9 Å². The summed E-state index contributed by atoms with van der Waals surface area (Å²) in [6.45, 7) is 1.84. The van der Waals surface area contributed by atoms with Crippen molar-refractivity contribution in [3.8, 4) is 0 Å². The molecule has 78 valence electrons. The summed E-state index contributed by atoms with van der Waals surface area (Å²) in [5.41, 5.74) is 0. The predicted molar refractivity (Wildman–Crippen MR) is 53.0 cm³/mol. The molecule has 2 aliphatic rings.